The summed E-state index contributed by atoms with van der Waals surface area (Å²) in [5, 5.41) is 3.29. The second-order valence-electron chi connectivity index (χ2n) is 6.82. The predicted octanol–water partition coefficient (Wildman–Crippen LogP) is 5.33. The van der Waals surface area contributed by atoms with Crippen LogP contribution in [0.25, 0.3) is 0 Å². The van der Waals surface area contributed by atoms with Crippen LogP contribution in [0, 0.1) is 6.92 Å². The Labute approximate surface area is 179 Å². The number of ether oxygens (including phenoxy) is 1. The predicted molar refractivity (Wildman–Crippen MR) is 116 cm³/mol. The van der Waals surface area contributed by atoms with Crippen molar-refractivity contribution in [3.05, 3.63) is 100 Å². The fourth-order valence-corrected chi connectivity index (χ4v) is 2.85. The Hall–Kier alpha value is -3.44. The van der Waals surface area contributed by atoms with E-state index in [4.69, 9.17) is 16.3 Å². The smallest absolute Gasteiger partial charge is 0.338 e. The third kappa shape index (κ3) is 5.33. The van der Waals surface area contributed by atoms with E-state index in [2.05, 4.69) is 5.32 Å². The first-order valence-corrected chi connectivity index (χ1v) is 9.70. The monoisotopic (exact) mass is 421 g/mol. The van der Waals surface area contributed by atoms with E-state index in [1.807, 2.05) is 19.1 Å². The van der Waals surface area contributed by atoms with Gasteiger partial charge in [0.2, 0.25) is 5.78 Å². The van der Waals surface area contributed by atoms with Crippen LogP contribution >= 0.6 is 11.6 Å². The highest BCUT2D eigenvalue weighted by Crippen LogP contribution is 2.16. The Balaban J connectivity index is 1.60. The molecule has 0 aliphatic rings. The normalized spacial score (nSPS) is 11.4. The molecule has 1 atom stereocenters. The van der Waals surface area contributed by atoms with Gasteiger partial charge in [-0.15, -0.1) is 0 Å². The van der Waals surface area contributed by atoms with Crippen LogP contribution in [-0.2, 0) is 4.74 Å². The molecule has 3 aromatic rings. The molecule has 6 heteroatoms. The minimum Gasteiger partial charge on any atom is -0.451 e. The van der Waals surface area contributed by atoms with Gasteiger partial charge in [-0.2, -0.15) is 0 Å². The van der Waals surface area contributed by atoms with E-state index in [-0.39, 0.29) is 17.3 Å². The van der Waals surface area contributed by atoms with Gasteiger partial charge in [0.25, 0.3) is 5.91 Å². The zero-order chi connectivity index (χ0) is 21.7. The van der Waals surface area contributed by atoms with E-state index in [1.165, 1.54) is 12.1 Å². The lowest BCUT2D eigenvalue weighted by atomic mass is 10.1. The molecule has 0 spiro atoms. The number of Topliss-reactive ketones (excluding diaryl/α,β-unsaturated/α-hetero) is 1. The lowest BCUT2D eigenvalue weighted by Crippen LogP contribution is -2.24. The fraction of sp³-hybridized carbons (Fsp3) is 0.125. The molecule has 1 N–H and O–H groups in total. The van der Waals surface area contributed by atoms with Crippen molar-refractivity contribution in [1.82, 2.24) is 0 Å². The summed E-state index contributed by atoms with van der Waals surface area (Å²) < 4.78 is 5.30. The summed E-state index contributed by atoms with van der Waals surface area (Å²) in [7, 11) is 0. The van der Waals surface area contributed by atoms with Crippen LogP contribution in [0.15, 0.2) is 72.8 Å². The molecular formula is C24H20ClNO4. The van der Waals surface area contributed by atoms with Crippen LogP contribution < -0.4 is 5.32 Å². The molecule has 0 saturated heterocycles. The average Bonchev–Trinajstić information content (AvgIpc) is 2.74. The molecule has 3 rings (SSSR count). The number of hydrogen-bond acceptors (Lipinski definition) is 4. The number of esters is 1. The second-order valence-corrected chi connectivity index (χ2v) is 7.25. The minimum absolute atomic E-state index is 0.268. The molecule has 30 heavy (non-hydrogen) atoms. The lowest BCUT2D eigenvalue weighted by Gasteiger charge is -2.13. The van der Waals surface area contributed by atoms with Crippen molar-refractivity contribution >= 4 is 34.9 Å². The van der Waals surface area contributed by atoms with Crippen molar-refractivity contribution in [3.8, 4) is 0 Å². The largest absolute Gasteiger partial charge is 0.451 e. The number of amides is 1. The van der Waals surface area contributed by atoms with Gasteiger partial charge in [0.1, 0.15) is 0 Å². The summed E-state index contributed by atoms with van der Waals surface area (Å²) in [6.45, 7) is 3.47. The zero-order valence-corrected chi connectivity index (χ0v) is 17.3. The Bertz CT molecular complexity index is 1060. The highest BCUT2D eigenvalue weighted by atomic mass is 35.5. The Kier molecular flexibility index (Phi) is 6.65. The molecule has 1 amide bonds. The van der Waals surface area contributed by atoms with Gasteiger partial charge in [0, 0.05) is 21.8 Å². The molecule has 0 aromatic heterocycles. The standard InChI is InChI=1S/C24H20ClNO4/c1-15-3-5-17(6-4-15)22(27)16(2)30-24(29)19-9-13-21(14-10-19)26-23(28)18-7-11-20(25)12-8-18/h3-14,16H,1-2H3,(H,26,28)/t16-/m1/s1. The number of anilines is 1. The van der Waals surface area contributed by atoms with Crippen molar-refractivity contribution in [2.45, 2.75) is 20.0 Å². The maximum atomic E-state index is 12.4. The van der Waals surface area contributed by atoms with E-state index < -0.39 is 12.1 Å². The first-order valence-electron chi connectivity index (χ1n) is 9.32. The van der Waals surface area contributed by atoms with E-state index in [1.54, 1.807) is 55.5 Å². The maximum absolute atomic E-state index is 12.4. The molecule has 0 unspecified atom stereocenters. The molecule has 0 fully saturated rings. The molecule has 5 nitrogen and oxygen atoms in total. The molecule has 0 saturated carbocycles. The second kappa shape index (κ2) is 9.37. The topological polar surface area (TPSA) is 72.5 Å². The van der Waals surface area contributed by atoms with Gasteiger partial charge >= 0.3 is 5.97 Å². The van der Waals surface area contributed by atoms with Crippen LogP contribution in [0.5, 0.6) is 0 Å². The quantitative estimate of drug-likeness (QED) is 0.431. The van der Waals surface area contributed by atoms with Crippen molar-refractivity contribution in [2.24, 2.45) is 0 Å². The van der Waals surface area contributed by atoms with Crippen molar-refractivity contribution in [1.29, 1.82) is 0 Å². The number of ketones is 1. The summed E-state index contributed by atoms with van der Waals surface area (Å²) in [6, 6.07) is 19.8. The molecular weight excluding hydrogens is 402 g/mol. The van der Waals surface area contributed by atoms with Crippen LogP contribution in [0.4, 0.5) is 5.69 Å². The number of aryl methyl sites for hydroxylation is 1. The van der Waals surface area contributed by atoms with Crippen LogP contribution in [0.3, 0.4) is 0 Å². The van der Waals surface area contributed by atoms with Gasteiger partial charge in [-0.05, 0) is 62.4 Å². The number of benzene rings is 3. The highest BCUT2D eigenvalue weighted by molar-refractivity contribution is 6.30. The molecule has 0 heterocycles. The number of carbonyl (C=O) groups excluding carboxylic acids is 3. The van der Waals surface area contributed by atoms with Gasteiger partial charge in [-0.1, -0.05) is 41.4 Å². The van der Waals surface area contributed by atoms with Crippen molar-refractivity contribution in [2.75, 3.05) is 5.32 Å². The van der Waals surface area contributed by atoms with E-state index >= 15 is 0 Å². The van der Waals surface area contributed by atoms with E-state index in [0.29, 0.717) is 21.8 Å². The average molecular weight is 422 g/mol. The molecule has 3 aromatic carbocycles. The van der Waals surface area contributed by atoms with Gasteiger partial charge in [0.15, 0.2) is 6.10 Å². The Morgan fingerprint density at radius 3 is 1.93 bits per heavy atom. The van der Waals surface area contributed by atoms with E-state index in [9.17, 15) is 14.4 Å². The SMILES string of the molecule is Cc1ccc(C(=O)[C@@H](C)OC(=O)c2ccc(NC(=O)c3ccc(Cl)cc3)cc2)cc1. The summed E-state index contributed by atoms with van der Waals surface area (Å²) in [5.74, 6) is -1.17. The molecule has 0 aliphatic carbocycles. The van der Waals surface area contributed by atoms with Gasteiger partial charge in [0.05, 0.1) is 5.56 Å². The van der Waals surface area contributed by atoms with Crippen molar-refractivity contribution < 1.29 is 19.1 Å². The third-order valence-electron chi connectivity index (χ3n) is 4.47. The number of halogens is 1. The first-order chi connectivity index (χ1) is 14.3. The van der Waals surface area contributed by atoms with Crippen molar-refractivity contribution in [3.63, 3.8) is 0 Å². The summed E-state index contributed by atoms with van der Waals surface area (Å²) in [4.78, 5) is 37.0. The van der Waals surface area contributed by atoms with Crippen LogP contribution in [0.1, 0.15) is 43.6 Å². The van der Waals surface area contributed by atoms with Gasteiger partial charge in [-0.25, -0.2) is 4.79 Å². The first kappa shape index (κ1) is 21.3. The number of hydrogen-bond donors (Lipinski definition) is 1. The molecule has 152 valence electrons. The van der Waals surface area contributed by atoms with Gasteiger partial charge < -0.3 is 10.1 Å². The minimum atomic E-state index is -0.913. The van der Waals surface area contributed by atoms with Crippen LogP contribution in [0.2, 0.25) is 5.02 Å². The third-order valence-corrected chi connectivity index (χ3v) is 4.73. The summed E-state index contributed by atoms with van der Waals surface area (Å²) in [6.07, 6.45) is -0.913. The Morgan fingerprint density at radius 2 is 1.33 bits per heavy atom. The van der Waals surface area contributed by atoms with E-state index in [0.717, 1.165) is 5.56 Å². The zero-order valence-electron chi connectivity index (χ0n) is 16.5. The number of nitrogens with one attached hydrogen (secondary N) is 1. The van der Waals surface area contributed by atoms with Gasteiger partial charge in [-0.3, -0.25) is 9.59 Å². The van der Waals surface area contributed by atoms with Crippen LogP contribution in [-0.4, -0.2) is 23.8 Å². The molecule has 0 radical (unpaired) electrons. The lowest BCUT2D eigenvalue weighted by molar-refractivity contribution is 0.0319. The fourth-order valence-electron chi connectivity index (χ4n) is 2.73. The molecule has 0 aliphatic heterocycles. The summed E-state index contributed by atoms with van der Waals surface area (Å²) >= 11 is 5.82. The Morgan fingerprint density at radius 1 is 0.800 bits per heavy atom. The summed E-state index contributed by atoms with van der Waals surface area (Å²) in [5.41, 5.74) is 2.80. The number of carbonyl (C=O) groups is 3. The molecule has 0 bridgehead atoms. The number of rotatable bonds is 6. The maximum Gasteiger partial charge on any atom is 0.338 e. The highest BCUT2D eigenvalue weighted by Gasteiger charge is 2.20.